The molecule has 216 valence electrons. The van der Waals surface area contributed by atoms with Gasteiger partial charge in [-0.15, -0.1) is 0 Å². The van der Waals surface area contributed by atoms with Crippen molar-refractivity contribution in [2.45, 2.75) is 46.6 Å². The molecule has 0 fully saturated rings. The molecule has 0 radical (unpaired) electrons. The fraction of sp³-hybridized carbons (Fsp3) is 0.400. The van der Waals surface area contributed by atoms with Gasteiger partial charge in [-0.3, -0.25) is 9.69 Å². The number of likely N-dealkylation sites (N-methyl/N-ethyl adjacent to an activating group) is 2. The second-order valence-electron chi connectivity index (χ2n) is 10.6. The maximum atomic E-state index is 13.1. The van der Waals surface area contributed by atoms with E-state index in [2.05, 4.69) is 16.6 Å². The van der Waals surface area contributed by atoms with E-state index in [4.69, 9.17) is 30.8 Å². The summed E-state index contributed by atoms with van der Waals surface area (Å²) in [4.78, 5) is 28.7. The molecule has 0 saturated carbocycles. The molecule has 5 rings (SSSR count). The van der Waals surface area contributed by atoms with E-state index in [0.29, 0.717) is 76.0 Å². The molecule has 2 aliphatic heterocycles. The van der Waals surface area contributed by atoms with Crippen LogP contribution in [-0.4, -0.2) is 75.8 Å². The van der Waals surface area contributed by atoms with Crippen LogP contribution in [0.2, 0.25) is 5.02 Å². The van der Waals surface area contributed by atoms with Crippen LogP contribution >= 0.6 is 11.6 Å². The Morgan fingerprint density at radius 3 is 2.61 bits per heavy atom. The standard InChI is InChI=1S/C30H35ClN6O4/c1-8-9-20(38)15-40-21-10-11-24(31)22(12-21)28-32-27(26-17(3)34-41-18(26)4)16(2)29(33-28)37-13-23-25(14-37)35(6)19(5)36(7)30(23)39/h10-12,20,38H,5,8-9,13-15H2,1-4,6-7H3/t20-/m1/s1. The van der Waals surface area contributed by atoms with Gasteiger partial charge in [0.05, 0.1) is 46.7 Å². The van der Waals surface area contributed by atoms with Crippen molar-refractivity contribution in [3.63, 3.8) is 0 Å². The van der Waals surface area contributed by atoms with E-state index in [1.165, 1.54) is 0 Å². The first-order valence-corrected chi connectivity index (χ1v) is 14.0. The minimum Gasteiger partial charge on any atom is -0.491 e. The number of hydrogen-bond acceptors (Lipinski definition) is 9. The Balaban J connectivity index is 1.60. The van der Waals surface area contributed by atoms with Gasteiger partial charge in [-0.05, 0) is 45.4 Å². The van der Waals surface area contributed by atoms with E-state index >= 15 is 0 Å². The van der Waals surface area contributed by atoms with Gasteiger partial charge in [0.2, 0.25) is 0 Å². The minimum absolute atomic E-state index is 0.0679. The lowest BCUT2D eigenvalue weighted by Crippen LogP contribution is -2.40. The van der Waals surface area contributed by atoms with Crippen LogP contribution in [0.4, 0.5) is 5.82 Å². The second-order valence-corrected chi connectivity index (χ2v) is 11.0. The molecule has 0 unspecified atom stereocenters. The largest absolute Gasteiger partial charge is 0.491 e. The zero-order valence-electron chi connectivity index (χ0n) is 24.3. The molecular formula is C30H35ClN6O4. The third-order valence-electron chi connectivity index (χ3n) is 7.71. The molecule has 1 atom stereocenters. The van der Waals surface area contributed by atoms with Crippen LogP contribution in [0.3, 0.4) is 0 Å². The summed E-state index contributed by atoms with van der Waals surface area (Å²) in [5.74, 6) is 2.82. The zero-order valence-corrected chi connectivity index (χ0v) is 25.0. The van der Waals surface area contributed by atoms with Crippen molar-refractivity contribution < 1.29 is 19.2 Å². The molecule has 11 heteroatoms. The third-order valence-corrected chi connectivity index (χ3v) is 8.04. The highest BCUT2D eigenvalue weighted by Crippen LogP contribution is 2.39. The van der Waals surface area contributed by atoms with Crippen molar-refractivity contribution in [1.82, 2.24) is 24.9 Å². The number of ether oxygens (including phenoxy) is 1. The van der Waals surface area contributed by atoms with Gasteiger partial charge in [-0.2, -0.15) is 0 Å². The average molecular weight is 579 g/mol. The normalized spacial score (nSPS) is 16.1. The molecule has 4 heterocycles. The number of benzene rings is 1. The monoisotopic (exact) mass is 578 g/mol. The van der Waals surface area contributed by atoms with Gasteiger partial charge < -0.3 is 24.2 Å². The predicted molar refractivity (Wildman–Crippen MR) is 158 cm³/mol. The maximum absolute atomic E-state index is 13.1. The second kappa shape index (κ2) is 11.2. The Kier molecular flexibility index (Phi) is 7.80. The highest BCUT2D eigenvalue weighted by atomic mass is 35.5. The average Bonchev–Trinajstić information content (AvgIpc) is 3.54. The first-order valence-electron chi connectivity index (χ1n) is 13.6. The van der Waals surface area contributed by atoms with Crippen LogP contribution in [0.1, 0.15) is 36.8 Å². The lowest BCUT2D eigenvalue weighted by Gasteiger charge is -2.34. The highest BCUT2D eigenvalue weighted by Gasteiger charge is 2.38. The molecule has 3 aromatic rings. The molecule has 1 aromatic carbocycles. The Morgan fingerprint density at radius 1 is 1.17 bits per heavy atom. The van der Waals surface area contributed by atoms with Crippen LogP contribution in [0.5, 0.6) is 5.75 Å². The van der Waals surface area contributed by atoms with Crippen LogP contribution < -0.4 is 9.64 Å². The van der Waals surface area contributed by atoms with Crippen molar-refractivity contribution in [3.8, 4) is 28.4 Å². The van der Waals surface area contributed by atoms with Crippen molar-refractivity contribution >= 4 is 23.3 Å². The Bertz CT molecular complexity index is 1540. The molecule has 41 heavy (non-hydrogen) atoms. The topological polar surface area (TPSA) is 108 Å². The van der Waals surface area contributed by atoms with Gasteiger partial charge in [0, 0.05) is 30.9 Å². The number of anilines is 1. The number of aliphatic hydroxyl groups excluding tert-OH is 1. The van der Waals surface area contributed by atoms with Gasteiger partial charge in [0.25, 0.3) is 5.91 Å². The van der Waals surface area contributed by atoms with Gasteiger partial charge in [0.15, 0.2) is 5.82 Å². The number of carbonyl (C=O) groups is 1. The number of aliphatic hydroxyl groups is 1. The molecule has 0 aliphatic carbocycles. The number of rotatable bonds is 8. The van der Waals surface area contributed by atoms with Gasteiger partial charge in [-0.1, -0.05) is 36.7 Å². The van der Waals surface area contributed by atoms with Gasteiger partial charge in [0.1, 0.15) is 29.8 Å². The highest BCUT2D eigenvalue weighted by molar-refractivity contribution is 6.33. The quantitative estimate of drug-likeness (QED) is 0.400. The lowest BCUT2D eigenvalue weighted by atomic mass is 10.0. The van der Waals surface area contributed by atoms with Crippen molar-refractivity contribution in [1.29, 1.82) is 0 Å². The van der Waals surface area contributed by atoms with E-state index in [0.717, 1.165) is 23.2 Å². The number of halogens is 1. The first kappa shape index (κ1) is 28.6. The minimum atomic E-state index is -0.558. The number of amides is 1. The molecular weight excluding hydrogens is 544 g/mol. The fourth-order valence-corrected chi connectivity index (χ4v) is 5.54. The molecule has 2 aliphatic rings. The lowest BCUT2D eigenvalue weighted by molar-refractivity contribution is -0.125. The number of nitrogens with zero attached hydrogens (tertiary/aromatic N) is 6. The summed E-state index contributed by atoms with van der Waals surface area (Å²) >= 11 is 6.70. The summed E-state index contributed by atoms with van der Waals surface area (Å²) in [5.41, 5.74) is 5.19. The summed E-state index contributed by atoms with van der Waals surface area (Å²) in [5, 5.41) is 14.8. The fourth-order valence-electron chi connectivity index (χ4n) is 5.34. The Morgan fingerprint density at radius 2 is 1.93 bits per heavy atom. The Hall–Kier alpha value is -3.89. The molecule has 0 bridgehead atoms. The zero-order chi connectivity index (χ0) is 29.6. The first-order chi connectivity index (χ1) is 19.5. The van der Waals surface area contributed by atoms with E-state index in [1.54, 1.807) is 30.1 Å². The number of carbonyl (C=O) groups excluding carboxylic acids is 1. The van der Waals surface area contributed by atoms with E-state index in [9.17, 15) is 9.90 Å². The molecule has 0 spiro atoms. The van der Waals surface area contributed by atoms with E-state index in [-0.39, 0.29) is 12.5 Å². The van der Waals surface area contributed by atoms with Crippen LogP contribution in [-0.2, 0) is 4.79 Å². The summed E-state index contributed by atoms with van der Waals surface area (Å²) in [6.45, 7) is 12.8. The van der Waals surface area contributed by atoms with Crippen molar-refractivity contribution in [3.05, 3.63) is 63.9 Å². The molecule has 2 aromatic heterocycles. The van der Waals surface area contributed by atoms with E-state index < -0.39 is 6.10 Å². The molecule has 10 nitrogen and oxygen atoms in total. The number of hydrogen-bond donors (Lipinski definition) is 1. The molecule has 1 N–H and O–H groups in total. The van der Waals surface area contributed by atoms with Crippen LogP contribution in [0.25, 0.3) is 22.6 Å². The molecule has 0 saturated heterocycles. The maximum Gasteiger partial charge on any atom is 0.258 e. The Labute approximate surface area is 244 Å². The summed E-state index contributed by atoms with van der Waals surface area (Å²) < 4.78 is 11.4. The van der Waals surface area contributed by atoms with Crippen LogP contribution in [0, 0.1) is 20.8 Å². The summed E-state index contributed by atoms with van der Waals surface area (Å²) in [6.07, 6.45) is 0.957. The SMILES string of the molecule is C=C1N(C)C(=O)C2=C(CN(c3nc(-c4cc(OC[C@H](O)CCC)ccc4Cl)nc(-c4c(C)noc4C)c3C)C2)N1C. The van der Waals surface area contributed by atoms with Gasteiger partial charge in [-0.25, -0.2) is 9.97 Å². The van der Waals surface area contributed by atoms with Crippen molar-refractivity contribution in [2.75, 3.05) is 38.7 Å². The third kappa shape index (κ3) is 5.17. The van der Waals surface area contributed by atoms with E-state index in [1.807, 2.05) is 39.6 Å². The predicted octanol–water partition coefficient (Wildman–Crippen LogP) is 4.87. The van der Waals surface area contributed by atoms with Crippen molar-refractivity contribution in [2.24, 2.45) is 0 Å². The summed E-state index contributed by atoms with van der Waals surface area (Å²) in [6, 6.07) is 5.29. The summed E-state index contributed by atoms with van der Waals surface area (Å²) in [7, 11) is 3.65. The molecule has 1 amide bonds. The number of aromatic nitrogens is 3. The smallest absolute Gasteiger partial charge is 0.258 e. The van der Waals surface area contributed by atoms with Crippen LogP contribution in [0.15, 0.2) is 46.4 Å². The number of aryl methyl sites for hydroxylation is 2. The van der Waals surface area contributed by atoms with Gasteiger partial charge >= 0.3 is 0 Å².